The molecule has 2 aliphatic rings. The van der Waals surface area contributed by atoms with E-state index in [0.717, 1.165) is 56.0 Å². The van der Waals surface area contributed by atoms with E-state index in [-0.39, 0.29) is 12.6 Å². The molecule has 3 unspecified atom stereocenters. The minimum absolute atomic E-state index is 0.261. The van der Waals surface area contributed by atoms with E-state index in [1.807, 2.05) is 6.08 Å². The number of alkyl halides is 1. The summed E-state index contributed by atoms with van der Waals surface area (Å²) in [4.78, 5) is 0. The minimum atomic E-state index is -0.261. The Bertz CT molecular complexity index is 561. The monoisotopic (exact) mass is 374 g/mol. The normalized spacial score (nSPS) is 26.4. The quantitative estimate of drug-likeness (QED) is 0.393. The van der Waals surface area contributed by atoms with Gasteiger partial charge in [-0.15, -0.1) is 0 Å². The van der Waals surface area contributed by atoms with Crippen molar-refractivity contribution in [3.63, 3.8) is 0 Å². The molecule has 1 saturated heterocycles. The van der Waals surface area contributed by atoms with Crippen molar-refractivity contribution in [2.24, 2.45) is 23.5 Å². The van der Waals surface area contributed by atoms with Crippen LogP contribution >= 0.6 is 0 Å². The molecule has 27 heavy (non-hydrogen) atoms. The summed E-state index contributed by atoms with van der Waals surface area (Å²) in [6.45, 7) is 11.8. The molecule has 0 amide bonds. The molecule has 2 rings (SSSR count). The number of nitrogens with one attached hydrogen (secondary N) is 1. The third kappa shape index (κ3) is 6.34. The van der Waals surface area contributed by atoms with Crippen molar-refractivity contribution in [2.45, 2.75) is 64.7 Å². The fourth-order valence-corrected chi connectivity index (χ4v) is 4.78. The molecule has 1 aliphatic heterocycles. The molecule has 1 fully saturated rings. The molecule has 152 valence electrons. The van der Waals surface area contributed by atoms with Crippen LogP contribution in [0.4, 0.5) is 4.39 Å². The number of halogens is 1. The van der Waals surface area contributed by atoms with Crippen LogP contribution in [-0.4, -0.2) is 19.8 Å². The van der Waals surface area contributed by atoms with Crippen molar-refractivity contribution in [1.82, 2.24) is 5.32 Å². The number of unbranched alkanes of at least 4 members (excludes halogenated alkanes) is 1. The highest BCUT2D eigenvalue weighted by Crippen LogP contribution is 2.41. The summed E-state index contributed by atoms with van der Waals surface area (Å²) in [7, 11) is 0. The SMILES string of the molecule is C=CC(=C)CCCCC1=C(N)C=C2CNCCC(CC)CCC2C1CCF. The van der Waals surface area contributed by atoms with Gasteiger partial charge >= 0.3 is 0 Å². The first kappa shape index (κ1) is 21.9. The van der Waals surface area contributed by atoms with Crippen LogP contribution in [0, 0.1) is 17.8 Å². The van der Waals surface area contributed by atoms with Crippen molar-refractivity contribution in [3.05, 3.63) is 47.7 Å². The lowest BCUT2D eigenvalue weighted by molar-refractivity contribution is 0.299. The van der Waals surface area contributed by atoms with Crippen molar-refractivity contribution in [1.29, 1.82) is 0 Å². The first-order valence-corrected chi connectivity index (χ1v) is 10.9. The fourth-order valence-electron chi connectivity index (χ4n) is 4.78. The predicted molar refractivity (Wildman–Crippen MR) is 115 cm³/mol. The summed E-state index contributed by atoms with van der Waals surface area (Å²) in [5.74, 6) is 1.50. The van der Waals surface area contributed by atoms with Gasteiger partial charge in [0.05, 0.1) is 6.67 Å². The number of fused-ring (bicyclic) bond motifs is 1. The molecule has 0 aromatic carbocycles. The maximum atomic E-state index is 13.5. The summed E-state index contributed by atoms with van der Waals surface area (Å²) >= 11 is 0. The zero-order chi connectivity index (χ0) is 19.6. The van der Waals surface area contributed by atoms with Crippen LogP contribution in [0.2, 0.25) is 0 Å². The highest BCUT2D eigenvalue weighted by Gasteiger charge is 2.32. The highest BCUT2D eigenvalue weighted by atomic mass is 19.1. The average molecular weight is 375 g/mol. The van der Waals surface area contributed by atoms with Gasteiger partial charge in [0.2, 0.25) is 0 Å². The molecule has 0 radical (unpaired) electrons. The Labute approximate surface area is 165 Å². The van der Waals surface area contributed by atoms with Crippen molar-refractivity contribution in [3.8, 4) is 0 Å². The molecule has 2 nitrogen and oxygen atoms in total. The van der Waals surface area contributed by atoms with Crippen LogP contribution in [0.3, 0.4) is 0 Å². The Balaban J connectivity index is 2.12. The Hall–Kier alpha value is -1.35. The largest absolute Gasteiger partial charge is 0.399 e. The van der Waals surface area contributed by atoms with E-state index >= 15 is 0 Å². The molecule has 0 aromatic rings. The van der Waals surface area contributed by atoms with Gasteiger partial charge in [-0.05, 0) is 87.3 Å². The number of rotatable bonds is 9. The van der Waals surface area contributed by atoms with Gasteiger partial charge in [-0.2, -0.15) is 0 Å². The van der Waals surface area contributed by atoms with Gasteiger partial charge in [0.1, 0.15) is 0 Å². The zero-order valence-electron chi connectivity index (χ0n) is 17.2. The summed E-state index contributed by atoms with van der Waals surface area (Å²) in [5, 5.41) is 3.60. The van der Waals surface area contributed by atoms with E-state index in [2.05, 4.69) is 31.5 Å². The molecule has 1 aliphatic carbocycles. The molecule has 3 atom stereocenters. The van der Waals surface area contributed by atoms with Gasteiger partial charge in [-0.3, -0.25) is 4.39 Å². The maximum absolute atomic E-state index is 13.5. The van der Waals surface area contributed by atoms with Gasteiger partial charge in [0.15, 0.2) is 0 Å². The van der Waals surface area contributed by atoms with Gasteiger partial charge in [0.25, 0.3) is 0 Å². The second kappa shape index (κ2) is 11.5. The first-order chi connectivity index (χ1) is 13.1. The molecule has 3 heteroatoms. The lowest BCUT2D eigenvalue weighted by Crippen LogP contribution is -2.31. The zero-order valence-corrected chi connectivity index (χ0v) is 17.2. The van der Waals surface area contributed by atoms with Crippen LogP contribution in [-0.2, 0) is 0 Å². The maximum Gasteiger partial charge on any atom is 0.0900 e. The standard InChI is InChI=1S/C24H39FN2/c1-4-18(3)8-6-7-9-23-22(12-14-25)21-11-10-19(5-2)13-15-27-17-20(21)16-24(23)26/h4,16,19,21-22,27H,1,3,5-15,17,26H2,2H3. The van der Waals surface area contributed by atoms with E-state index in [0.29, 0.717) is 12.3 Å². The van der Waals surface area contributed by atoms with Crippen LogP contribution < -0.4 is 11.1 Å². The Kier molecular flexibility index (Phi) is 9.33. The topological polar surface area (TPSA) is 38.0 Å². The molecule has 1 heterocycles. The van der Waals surface area contributed by atoms with Crippen LogP contribution in [0.15, 0.2) is 47.7 Å². The molecule has 0 bridgehead atoms. The van der Waals surface area contributed by atoms with Crippen molar-refractivity contribution in [2.75, 3.05) is 19.8 Å². The van der Waals surface area contributed by atoms with E-state index in [1.165, 1.54) is 36.8 Å². The van der Waals surface area contributed by atoms with Crippen LogP contribution in [0.25, 0.3) is 0 Å². The molecule has 0 saturated carbocycles. The summed E-state index contributed by atoms with van der Waals surface area (Å²) in [6, 6.07) is 0. The third-order valence-electron chi connectivity index (χ3n) is 6.55. The minimum Gasteiger partial charge on any atom is -0.399 e. The molecular weight excluding hydrogens is 335 g/mol. The smallest absolute Gasteiger partial charge is 0.0900 e. The second-order valence-electron chi connectivity index (χ2n) is 8.28. The van der Waals surface area contributed by atoms with Gasteiger partial charge in [-0.25, -0.2) is 0 Å². The lowest BCUT2D eigenvalue weighted by atomic mass is 9.70. The Morgan fingerprint density at radius 2 is 2.15 bits per heavy atom. The number of hydrogen-bond donors (Lipinski definition) is 2. The highest BCUT2D eigenvalue weighted by molar-refractivity contribution is 5.36. The molecule has 0 aromatic heterocycles. The third-order valence-corrected chi connectivity index (χ3v) is 6.55. The van der Waals surface area contributed by atoms with E-state index in [4.69, 9.17) is 5.73 Å². The number of allylic oxidation sites excluding steroid dienone is 4. The summed E-state index contributed by atoms with van der Waals surface area (Å²) in [5.41, 5.74) is 11.2. The lowest BCUT2D eigenvalue weighted by Gasteiger charge is -2.36. The Morgan fingerprint density at radius 3 is 2.85 bits per heavy atom. The van der Waals surface area contributed by atoms with Crippen molar-refractivity contribution >= 4 is 0 Å². The fraction of sp³-hybridized carbons (Fsp3) is 0.667. The summed E-state index contributed by atoms with van der Waals surface area (Å²) in [6.07, 6.45) is 13.7. The van der Waals surface area contributed by atoms with Crippen LogP contribution in [0.5, 0.6) is 0 Å². The van der Waals surface area contributed by atoms with Gasteiger partial charge in [0, 0.05) is 12.2 Å². The van der Waals surface area contributed by atoms with Gasteiger partial charge in [-0.1, -0.05) is 43.7 Å². The van der Waals surface area contributed by atoms with E-state index in [1.54, 1.807) is 0 Å². The Morgan fingerprint density at radius 1 is 1.33 bits per heavy atom. The summed E-state index contributed by atoms with van der Waals surface area (Å²) < 4.78 is 13.5. The van der Waals surface area contributed by atoms with E-state index in [9.17, 15) is 4.39 Å². The predicted octanol–water partition coefficient (Wildman–Crippen LogP) is 5.83. The van der Waals surface area contributed by atoms with Crippen LogP contribution in [0.1, 0.15) is 64.7 Å². The number of nitrogens with two attached hydrogens (primary N) is 1. The second-order valence-corrected chi connectivity index (χ2v) is 8.28. The van der Waals surface area contributed by atoms with Crippen molar-refractivity contribution < 1.29 is 4.39 Å². The van der Waals surface area contributed by atoms with Gasteiger partial charge < -0.3 is 11.1 Å². The molecular formula is C24H39FN2. The first-order valence-electron chi connectivity index (χ1n) is 10.9. The average Bonchev–Trinajstić information content (AvgIpc) is 2.76. The molecule has 0 spiro atoms. The molecule has 3 N–H and O–H groups in total. The van der Waals surface area contributed by atoms with E-state index < -0.39 is 0 Å². The number of hydrogen-bond acceptors (Lipinski definition) is 2.